The summed E-state index contributed by atoms with van der Waals surface area (Å²) in [5.74, 6) is 1.28. The fraction of sp³-hybridized carbons (Fsp3) is 0.157. The number of hydrogen-bond donors (Lipinski definition) is 0. The van der Waals surface area contributed by atoms with Crippen LogP contribution in [0.3, 0.4) is 0 Å². The quantitative estimate of drug-likeness (QED) is 0.0888. The summed E-state index contributed by atoms with van der Waals surface area (Å²) in [5, 5.41) is 0. The average Bonchev–Trinajstić information content (AvgIpc) is 3.09. The summed E-state index contributed by atoms with van der Waals surface area (Å²) in [6.45, 7) is 17.9. The SMILES string of the molecule is Cc1cc(C)c[c]([Al-]([c]2cc(C)cc(C)c2)([c]2cc(C)cc(C)c2)[c]2cc(C)cc(C)c2)c1.c1ccc([C+](c2ccccc2)c2ccccc2)cc1. The Kier molecular flexibility index (Phi) is 11.4. The molecule has 0 aliphatic rings. The van der Waals surface area contributed by atoms with Crippen molar-refractivity contribution in [2.24, 2.45) is 0 Å². The Balaban J connectivity index is 0.000000206. The van der Waals surface area contributed by atoms with E-state index in [0.29, 0.717) is 0 Å². The van der Waals surface area contributed by atoms with Gasteiger partial charge >= 0.3 is 0 Å². The van der Waals surface area contributed by atoms with Crippen LogP contribution in [-0.4, -0.2) is 13.1 Å². The van der Waals surface area contributed by atoms with E-state index in [2.05, 4.69) is 219 Å². The minimum absolute atomic E-state index is 1.25. The monoisotopic (exact) mass is 690 g/mol. The Hall–Kier alpha value is -5.06. The van der Waals surface area contributed by atoms with Gasteiger partial charge in [0.05, 0.1) is 22.6 Å². The van der Waals surface area contributed by atoms with Gasteiger partial charge in [-0.2, -0.15) is 0 Å². The molecule has 0 bridgehead atoms. The van der Waals surface area contributed by atoms with E-state index in [4.69, 9.17) is 0 Å². The zero-order chi connectivity index (χ0) is 36.8. The molecule has 0 N–H and O–H groups in total. The van der Waals surface area contributed by atoms with Crippen LogP contribution in [0.1, 0.15) is 61.2 Å². The van der Waals surface area contributed by atoms with Crippen LogP contribution in [0.2, 0.25) is 0 Å². The zero-order valence-corrected chi connectivity index (χ0v) is 33.3. The van der Waals surface area contributed by atoms with Gasteiger partial charge in [-0.05, 0) is 128 Å². The molecular weight excluding hydrogens is 640 g/mol. The van der Waals surface area contributed by atoms with E-state index in [-0.39, 0.29) is 0 Å². The third-order valence-electron chi connectivity index (χ3n) is 10.2. The lowest BCUT2D eigenvalue weighted by atomic mass is 9.85. The summed E-state index contributed by atoms with van der Waals surface area (Å²) >= 11 is -2.98. The van der Waals surface area contributed by atoms with Gasteiger partial charge in [0.1, 0.15) is 0 Å². The molecule has 0 aromatic heterocycles. The first-order valence-electron chi connectivity index (χ1n) is 18.6. The molecule has 1 heteroatoms. The molecular formula is C51H51Al. The van der Waals surface area contributed by atoms with Crippen LogP contribution in [0.5, 0.6) is 0 Å². The molecule has 7 aromatic carbocycles. The highest BCUT2D eigenvalue weighted by molar-refractivity contribution is 7.20. The Morgan fingerprint density at radius 2 is 0.462 bits per heavy atom. The van der Waals surface area contributed by atoms with Gasteiger partial charge in [-0.1, -0.05) is 87.0 Å². The Morgan fingerprint density at radius 3 is 0.654 bits per heavy atom. The van der Waals surface area contributed by atoms with Gasteiger partial charge in [-0.25, -0.2) is 17.7 Å². The van der Waals surface area contributed by atoms with Gasteiger partial charge in [0.25, 0.3) is 13.1 Å². The lowest BCUT2D eigenvalue weighted by molar-refractivity contribution is 1.23. The van der Waals surface area contributed by atoms with Crippen molar-refractivity contribution in [3.8, 4) is 0 Å². The Bertz CT molecular complexity index is 1880. The molecule has 0 saturated carbocycles. The number of aryl methyl sites for hydroxylation is 8. The van der Waals surface area contributed by atoms with Crippen molar-refractivity contribution in [2.75, 3.05) is 0 Å². The second-order valence-electron chi connectivity index (χ2n) is 15.0. The lowest BCUT2D eigenvalue weighted by Crippen LogP contribution is -2.75. The topological polar surface area (TPSA) is 0 Å². The molecule has 0 aliphatic carbocycles. The summed E-state index contributed by atoms with van der Waals surface area (Å²) in [6.07, 6.45) is 0. The van der Waals surface area contributed by atoms with Gasteiger partial charge in [0.2, 0.25) is 0 Å². The largest absolute Gasteiger partial charge is 0.267 e. The minimum Gasteiger partial charge on any atom is -0.217 e. The first kappa shape index (κ1) is 36.7. The highest BCUT2D eigenvalue weighted by atomic mass is 27.2. The molecule has 7 rings (SSSR count). The van der Waals surface area contributed by atoms with Gasteiger partial charge in [-0.15, -0.1) is 48.5 Å². The van der Waals surface area contributed by atoms with Crippen molar-refractivity contribution >= 4 is 30.8 Å². The van der Waals surface area contributed by atoms with E-state index in [0.717, 1.165) is 0 Å². The standard InChI is InChI=1S/C19H15.4C8H9.Al/c1-4-10-16(11-5-1)19(17-12-6-2-7-13-17)18-14-8-3-9-15-18;4*1-7-4-3-5-8(2)6-7;/h1-15H;4*4-6H,1-2H3;/q+1;;;;;-1. The molecule has 0 heterocycles. The summed E-state index contributed by atoms with van der Waals surface area (Å²) in [5.41, 5.74) is 14.5. The van der Waals surface area contributed by atoms with Crippen LogP contribution in [0.25, 0.3) is 0 Å². The molecule has 0 aliphatic heterocycles. The van der Waals surface area contributed by atoms with E-state index in [1.54, 1.807) is 0 Å². The van der Waals surface area contributed by atoms with Gasteiger partial charge < -0.3 is 0 Å². The normalized spacial score (nSPS) is 11.1. The maximum absolute atomic E-state index is 2.98. The van der Waals surface area contributed by atoms with Crippen LogP contribution in [0.4, 0.5) is 0 Å². The second kappa shape index (κ2) is 16.1. The lowest BCUT2D eigenvalue weighted by Gasteiger charge is -2.42. The molecule has 258 valence electrons. The van der Waals surface area contributed by atoms with Crippen LogP contribution < -0.4 is 17.7 Å². The van der Waals surface area contributed by atoms with Crippen molar-refractivity contribution in [1.29, 1.82) is 0 Å². The molecule has 0 fully saturated rings. The van der Waals surface area contributed by atoms with Gasteiger partial charge in [-0.3, -0.25) is 0 Å². The number of hydrogen-bond acceptors (Lipinski definition) is 0. The predicted molar refractivity (Wildman–Crippen MR) is 228 cm³/mol. The van der Waals surface area contributed by atoms with Crippen molar-refractivity contribution < 1.29 is 0 Å². The molecule has 52 heavy (non-hydrogen) atoms. The molecule has 7 aromatic rings. The second-order valence-corrected chi connectivity index (χ2v) is 19.4. The maximum atomic E-state index is 2.46. The summed E-state index contributed by atoms with van der Waals surface area (Å²) in [6, 6.07) is 60.6. The Labute approximate surface area is 315 Å². The van der Waals surface area contributed by atoms with Crippen molar-refractivity contribution in [1.82, 2.24) is 0 Å². The predicted octanol–water partition coefficient (Wildman–Crippen LogP) is 10.2. The first-order chi connectivity index (χ1) is 25.0. The highest BCUT2D eigenvalue weighted by Crippen LogP contribution is 2.30. The van der Waals surface area contributed by atoms with Crippen LogP contribution in [0.15, 0.2) is 164 Å². The maximum Gasteiger partial charge on any atom is 0.267 e. The fourth-order valence-corrected chi connectivity index (χ4v) is 14.9. The van der Waals surface area contributed by atoms with Crippen LogP contribution >= 0.6 is 0 Å². The summed E-state index contributed by atoms with van der Waals surface area (Å²) in [7, 11) is 0. The average molecular weight is 691 g/mol. The first-order valence-corrected chi connectivity index (χ1v) is 20.9. The van der Waals surface area contributed by atoms with Gasteiger partial charge in [0.15, 0.2) is 0 Å². The van der Waals surface area contributed by atoms with E-state index in [1.807, 2.05) is 0 Å². The highest BCUT2D eigenvalue weighted by Gasteiger charge is 2.37. The Morgan fingerprint density at radius 1 is 0.269 bits per heavy atom. The van der Waals surface area contributed by atoms with E-state index < -0.39 is 13.1 Å². The molecule has 0 amide bonds. The smallest absolute Gasteiger partial charge is 0.217 e. The number of rotatable bonds is 7. The van der Waals surface area contributed by atoms with Crippen LogP contribution in [0, 0.1) is 61.3 Å². The van der Waals surface area contributed by atoms with Gasteiger partial charge in [0, 0.05) is 0 Å². The third kappa shape index (κ3) is 8.19. The molecule has 0 atom stereocenters. The summed E-state index contributed by atoms with van der Waals surface area (Å²) in [4.78, 5) is 0. The fourth-order valence-electron chi connectivity index (χ4n) is 8.51. The van der Waals surface area contributed by atoms with Crippen molar-refractivity contribution in [3.05, 3.63) is 231 Å². The van der Waals surface area contributed by atoms with Crippen molar-refractivity contribution in [3.63, 3.8) is 0 Å². The van der Waals surface area contributed by atoms with E-state index in [9.17, 15) is 0 Å². The molecule has 0 radical (unpaired) electrons. The van der Waals surface area contributed by atoms with E-state index >= 15 is 0 Å². The molecule has 0 saturated heterocycles. The van der Waals surface area contributed by atoms with Crippen molar-refractivity contribution in [2.45, 2.75) is 55.4 Å². The zero-order valence-electron chi connectivity index (χ0n) is 32.2. The number of benzene rings is 7. The molecule has 0 spiro atoms. The minimum atomic E-state index is -2.98. The molecule has 0 unspecified atom stereocenters. The third-order valence-corrected chi connectivity index (χ3v) is 15.5. The van der Waals surface area contributed by atoms with E-state index in [1.165, 1.54) is 84.8 Å². The summed E-state index contributed by atoms with van der Waals surface area (Å²) < 4.78 is 6.00. The molecule has 0 nitrogen and oxygen atoms in total. The van der Waals surface area contributed by atoms with Crippen LogP contribution in [-0.2, 0) is 0 Å².